The average molecular weight is 485 g/mol. The molecule has 1 aliphatic heterocycles. The summed E-state index contributed by atoms with van der Waals surface area (Å²) in [7, 11) is 0. The first-order valence-corrected chi connectivity index (χ1v) is 11.9. The van der Waals surface area contributed by atoms with E-state index in [0.717, 1.165) is 29.7 Å². The fraction of sp³-hybridized carbons (Fsp3) is 0.241. The van der Waals surface area contributed by atoms with E-state index in [9.17, 15) is 10.1 Å². The minimum absolute atomic E-state index is 0.0215. The fourth-order valence-electron chi connectivity index (χ4n) is 3.95. The van der Waals surface area contributed by atoms with Crippen molar-refractivity contribution in [3.63, 3.8) is 0 Å². The number of carbonyl (C=O) groups is 1. The van der Waals surface area contributed by atoms with E-state index in [-0.39, 0.29) is 5.88 Å². The number of benzene rings is 3. The fourth-order valence-corrected chi connectivity index (χ4v) is 3.95. The molecule has 7 nitrogen and oxygen atoms in total. The maximum absolute atomic E-state index is 12.6. The van der Waals surface area contributed by atoms with Gasteiger partial charge in [-0.2, -0.15) is 5.26 Å². The molecule has 4 rings (SSSR count). The summed E-state index contributed by atoms with van der Waals surface area (Å²) in [5.74, 6) is 1.28. The first kappa shape index (κ1) is 24.7. The highest BCUT2D eigenvalue weighted by Gasteiger charge is 2.31. The second-order valence-electron chi connectivity index (χ2n) is 8.24. The van der Waals surface area contributed by atoms with Crippen LogP contribution in [0.3, 0.4) is 0 Å². The maximum Gasteiger partial charge on any atom is 0.343 e. The molecule has 0 aromatic heterocycles. The predicted molar refractivity (Wildman–Crippen MR) is 135 cm³/mol. The summed E-state index contributed by atoms with van der Waals surface area (Å²) in [6, 6.07) is 21.6. The Morgan fingerprint density at radius 3 is 2.31 bits per heavy atom. The third-order valence-electron chi connectivity index (χ3n) is 5.78. The van der Waals surface area contributed by atoms with E-state index in [2.05, 4.69) is 13.0 Å². The van der Waals surface area contributed by atoms with Crippen molar-refractivity contribution in [3.05, 3.63) is 94.9 Å². The Morgan fingerprint density at radius 2 is 1.64 bits per heavy atom. The molecule has 0 fully saturated rings. The molecule has 36 heavy (non-hydrogen) atoms. The van der Waals surface area contributed by atoms with Crippen molar-refractivity contribution < 1.29 is 23.7 Å². The lowest BCUT2D eigenvalue weighted by Crippen LogP contribution is -2.21. The molecular formula is C29H28N2O5. The highest BCUT2D eigenvalue weighted by Crippen LogP contribution is 2.43. The largest absolute Gasteiger partial charge is 0.494 e. The summed E-state index contributed by atoms with van der Waals surface area (Å²) in [6.45, 7) is 5.21. The van der Waals surface area contributed by atoms with Crippen molar-refractivity contribution in [2.45, 2.75) is 32.6 Å². The summed E-state index contributed by atoms with van der Waals surface area (Å²) >= 11 is 0. The van der Waals surface area contributed by atoms with E-state index in [1.54, 1.807) is 42.5 Å². The number of nitrogens with two attached hydrogens (primary N) is 1. The molecule has 0 amide bonds. The Morgan fingerprint density at radius 1 is 0.972 bits per heavy atom. The summed E-state index contributed by atoms with van der Waals surface area (Å²) < 4.78 is 22.5. The molecule has 1 heterocycles. The molecule has 0 spiro atoms. The number of nitrogens with zero attached hydrogens (tertiary/aromatic N) is 1. The van der Waals surface area contributed by atoms with Crippen molar-refractivity contribution in [2.75, 3.05) is 13.2 Å². The molecule has 0 saturated heterocycles. The van der Waals surface area contributed by atoms with Gasteiger partial charge in [0.2, 0.25) is 5.88 Å². The van der Waals surface area contributed by atoms with E-state index < -0.39 is 11.9 Å². The van der Waals surface area contributed by atoms with Crippen LogP contribution >= 0.6 is 0 Å². The Balaban J connectivity index is 1.57. The normalized spacial score (nSPS) is 14.3. The van der Waals surface area contributed by atoms with Gasteiger partial charge in [-0.05, 0) is 61.4 Å². The number of hydrogen-bond donors (Lipinski definition) is 1. The number of hydrogen-bond acceptors (Lipinski definition) is 7. The van der Waals surface area contributed by atoms with Crippen LogP contribution in [-0.4, -0.2) is 19.2 Å². The molecule has 1 unspecified atom stereocenters. The zero-order chi connectivity index (χ0) is 25.5. The number of nitriles is 1. The summed E-state index contributed by atoms with van der Waals surface area (Å²) in [4.78, 5) is 12.6. The number of allylic oxidation sites excluding steroid dienone is 1. The lowest BCUT2D eigenvalue weighted by molar-refractivity contribution is 0.0734. The molecule has 0 radical (unpaired) electrons. The van der Waals surface area contributed by atoms with Crippen molar-refractivity contribution >= 4 is 5.97 Å². The monoisotopic (exact) mass is 484 g/mol. The number of fused-ring (bicyclic) bond motifs is 1. The Hall–Kier alpha value is -4.44. The van der Waals surface area contributed by atoms with Gasteiger partial charge in [0, 0.05) is 11.6 Å². The standard InChI is InChI=1S/C29H28N2O5/c1-3-5-16-34-22-10-6-19(7-11-22)27-24-15-14-23(17-26(24)36-28(31)25(27)18-30)35-29(32)20-8-12-21(13-9-20)33-4-2/h6-15,17,27H,3-5,16,31H2,1-2H3. The van der Waals surface area contributed by atoms with Crippen LogP contribution in [0.5, 0.6) is 23.0 Å². The molecule has 184 valence electrons. The van der Waals surface area contributed by atoms with Crippen molar-refractivity contribution in [3.8, 4) is 29.1 Å². The summed E-state index contributed by atoms with van der Waals surface area (Å²) in [5, 5.41) is 9.80. The second-order valence-corrected chi connectivity index (χ2v) is 8.24. The molecule has 1 atom stereocenters. The van der Waals surface area contributed by atoms with Crippen LogP contribution in [0, 0.1) is 11.3 Å². The number of ether oxygens (including phenoxy) is 4. The first-order chi connectivity index (χ1) is 17.5. The Bertz CT molecular complexity index is 1290. The van der Waals surface area contributed by atoms with Crippen LogP contribution < -0.4 is 24.7 Å². The quantitative estimate of drug-likeness (QED) is 0.236. The first-order valence-electron chi connectivity index (χ1n) is 11.9. The lowest BCUT2D eigenvalue weighted by Gasteiger charge is -2.26. The minimum atomic E-state index is -0.509. The Labute approximate surface area is 210 Å². The van der Waals surface area contributed by atoms with Gasteiger partial charge in [0.1, 0.15) is 34.6 Å². The van der Waals surface area contributed by atoms with Crippen molar-refractivity contribution in [1.29, 1.82) is 5.26 Å². The zero-order valence-electron chi connectivity index (χ0n) is 20.3. The topological polar surface area (TPSA) is 104 Å². The second kappa shape index (κ2) is 11.3. The van der Waals surface area contributed by atoms with Crippen LogP contribution in [0.25, 0.3) is 0 Å². The van der Waals surface area contributed by atoms with Gasteiger partial charge in [0.15, 0.2) is 0 Å². The third kappa shape index (κ3) is 5.44. The molecule has 0 saturated carbocycles. The van der Waals surface area contributed by atoms with Crippen LogP contribution in [-0.2, 0) is 0 Å². The molecule has 3 aromatic rings. The van der Waals surface area contributed by atoms with Gasteiger partial charge in [-0.1, -0.05) is 31.5 Å². The number of unbranched alkanes of at least 4 members (excludes halogenated alkanes) is 1. The average Bonchev–Trinajstić information content (AvgIpc) is 2.89. The third-order valence-corrected chi connectivity index (χ3v) is 5.78. The summed E-state index contributed by atoms with van der Waals surface area (Å²) in [6.07, 6.45) is 2.04. The zero-order valence-corrected chi connectivity index (χ0v) is 20.3. The number of esters is 1. The molecular weight excluding hydrogens is 456 g/mol. The van der Waals surface area contributed by atoms with Gasteiger partial charge < -0.3 is 24.7 Å². The van der Waals surface area contributed by atoms with E-state index in [4.69, 9.17) is 24.7 Å². The highest BCUT2D eigenvalue weighted by atomic mass is 16.5. The van der Waals surface area contributed by atoms with Gasteiger partial charge in [-0.25, -0.2) is 4.79 Å². The smallest absolute Gasteiger partial charge is 0.343 e. The number of carbonyl (C=O) groups excluding carboxylic acids is 1. The van der Waals surface area contributed by atoms with Gasteiger partial charge >= 0.3 is 5.97 Å². The van der Waals surface area contributed by atoms with Gasteiger partial charge in [-0.3, -0.25) is 0 Å². The lowest BCUT2D eigenvalue weighted by atomic mass is 9.83. The van der Waals surface area contributed by atoms with Crippen molar-refractivity contribution in [2.24, 2.45) is 5.73 Å². The van der Waals surface area contributed by atoms with Gasteiger partial charge in [0.05, 0.1) is 24.7 Å². The SMILES string of the molecule is CCCCOc1ccc(C2C(C#N)=C(N)Oc3cc(OC(=O)c4ccc(OCC)cc4)ccc32)cc1. The van der Waals surface area contributed by atoms with E-state index in [1.165, 1.54) is 0 Å². The van der Waals surface area contributed by atoms with Crippen LogP contribution in [0.15, 0.2) is 78.2 Å². The summed E-state index contributed by atoms with van der Waals surface area (Å²) in [5.41, 5.74) is 8.45. The molecule has 0 bridgehead atoms. The van der Waals surface area contributed by atoms with E-state index >= 15 is 0 Å². The Kier molecular flexibility index (Phi) is 7.76. The van der Waals surface area contributed by atoms with Gasteiger partial charge in [0.25, 0.3) is 0 Å². The van der Waals surface area contributed by atoms with E-state index in [1.807, 2.05) is 31.2 Å². The molecule has 3 aromatic carbocycles. The van der Waals surface area contributed by atoms with Crippen LogP contribution in [0.2, 0.25) is 0 Å². The minimum Gasteiger partial charge on any atom is -0.494 e. The van der Waals surface area contributed by atoms with E-state index in [0.29, 0.717) is 41.6 Å². The maximum atomic E-state index is 12.6. The van der Waals surface area contributed by atoms with Crippen LogP contribution in [0.4, 0.5) is 0 Å². The molecule has 7 heteroatoms. The van der Waals surface area contributed by atoms with Crippen molar-refractivity contribution in [1.82, 2.24) is 0 Å². The molecule has 2 N–H and O–H groups in total. The molecule has 1 aliphatic rings. The predicted octanol–water partition coefficient (Wildman–Crippen LogP) is 5.70. The highest BCUT2D eigenvalue weighted by molar-refractivity contribution is 5.91. The van der Waals surface area contributed by atoms with Crippen LogP contribution in [0.1, 0.15) is 54.1 Å². The van der Waals surface area contributed by atoms with Gasteiger partial charge in [-0.15, -0.1) is 0 Å². The molecule has 0 aliphatic carbocycles. The number of rotatable bonds is 9.